The first-order valence-corrected chi connectivity index (χ1v) is 5.23. The molecule has 0 fully saturated rings. The number of hydrogen-bond donors (Lipinski definition) is 1. The molecule has 0 aliphatic heterocycles. The molecule has 0 radical (unpaired) electrons. The van der Waals surface area contributed by atoms with Crippen molar-refractivity contribution in [2.24, 2.45) is 5.73 Å². The van der Waals surface area contributed by atoms with E-state index in [0.717, 1.165) is 18.4 Å². The minimum absolute atomic E-state index is 0.551. The van der Waals surface area contributed by atoms with Gasteiger partial charge < -0.3 is 5.73 Å². The van der Waals surface area contributed by atoms with Crippen molar-refractivity contribution in [3.8, 4) is 0 Å². The van der Waals surface area contributed by atoms with Crippen LogP contribution in [0, 0.1) is 6.92 Å². The zero-order valence-corrected chi connectivity index (χ0v) is 9.22. The van der Waals surface area contributed by atoms with Gasteiger partial charge in [0, 0.05) is 12.1 Å². The second-order valence-corrected chi connectivity index (χ2v) is 3.68. The van der Waals surface area contributed by atoms with Gasteiger partial charge in [-0.2, -0.15) is 0 Å². The molecule has 0 aromatic heterocycles. The lowest BCUT2D eigenvalue weighted by Crippen LogP contribution is -2.03. The van der Waals surface area contributed by atoms with Crippen molar-refractivity contribution < 1.29 is 0 Å². The lowest BCUT2D eigenvalue weighted by atomic mass is 10.0. The van der Waals surface area contributed by atoms with E-state index in [0.29, 0.717) is 6.54 Å². The van der Waals surface area contributed by atoms with E-state index in [2.05, 4.69) is 31.2 Å². The van der Waals surface area contributed by atoms with Crippen LogP contribution in [0.15, 0.2) is 35.4 Å². The van der Waals surface area contributed by atoms with Crippen LogP contribution in [-0.4, -0.2) is 6.54 Å². The molecule has 1 aromatic carbocycles. The maximum Gasteiger partial charge on any atom is 0.0148 e. The molecular formula is C12H16ClN. The normalized spacial score (nSPS) is 11.8. The summed E-state index contributed by atoms with van der Waals surface area (Å²) in [5.41, 5.74) is 10.8. The average molecular weight is 210 g/mol. The van der Waals surface area contributed by atoms with Gasteiger partial charge in [-0.1, -0.05) is 41.4 Å². The van der Waals surface area contributed by atoms with Crippen LogP contribution in [0.1, 0.15) is 17.5 Å². The Balaban J connectivity index is 2.49. The van der Waals surface area contributed by atoms with Gasteiger partial charge in [0.25, 0.3) is 0 Å². The van der Waals surface area contributed by atoms with Crippen molar-refractivity contribution in [1.82, 2.24) is 0 Å². The second kappa shape index (κ2) is 5.84. The third kappa shape index (κ3) is 3.52. The number of rotatable bonds is 4. The predicted molar refractivity (Wildman–Crippen MR) is 62.5 cm³/mol. The van der Waals surface area contributed by atoms with E-state index < -0.39 is 0 Å². The third-order valence-electron chi connectivity index (χ3n) is 2.27. The third-order valence-corrected chi connectivity index (χ3v) is 2.58. The summed E-state index contributed by atoms with van der Waals surface area (Å²) >= 11 is 5.62. The highest BCUT2D eigenvalue weighted by Crippen LogP contribution is 2.10. The molecule has 0 unspecified atom stereocenters. The van der Waals surface area contributed by atoms with Crippen LogP contribution < -0.4 is 5.73 Å². The quantitative estimate of drug-likeness (QED) is 0.811. The monoisotopic (exact) mass is 209 g/mol. The fourth-order valence-corrected chi connectivity index (χ4v) is 1.46. The van der Waals surface area contributed by atoms with Crippen molar-refractivity contribution >= 4 is 11.6 Å². The van der Waals surface area contributed by atoms with E-state index in [9.17, 15) is 0 Å². The van der Waals surface area contributed by atoms with Gasteiger partial charge in [0.15, 0.2) is 0 Å². The second-order valence-electron chi connectivity index (χ2n) is 3.46. The van der Waals surface area contributed by atoms with E-state index in [1.54, 1.807) is 5.54 Å². The summed E-state index contributed by atoms with van der Waals surface area (Å²) in [6.45, 7) is 2.64. The Morgan fingerprint density at radius 1 is 1.36 bits per heavy atom. The fraction of sp³-hybridized carbons (Fsp3) is 0.333. The number of benzene rings is 1. The van der Waals surface area contributed by atoms with Gasteiger partial charge in [0.05, 0.1) is 0 Å². The SMILES string of the molecule is Cc1ccc(CC/C(=C/Cl)CN)cc1. The van der Waals surface area contributed by atoms with Crippen LogP contribution >= 0.6 is 11.6 Å². The summed E-state index contributed by atoms with van der Waals surface area (Å²) in [6.07, 6.45) is 1.96. The maximum absolute atomic E-state index is 5.62. The highest BCUT2D eigenvalue weighted by molar-refractivity contribution is 6.25. The molecule has 76 valence electrons. The first-order chi connectivity index (χ1) is 6.76. The molecule has 0 atom stereocenters. The first kappa shape index (κ1) is 11.3. The van der Waals surface area contributed by atoms with Gasteiger partial charge in [-0.25, -0.2) is 0 Å². The van der Waals surface area contributed by atoms with Crippen molar-refractivity contribution in [2.75, 3.05) is 6.54 Å². The van der Waals surface area contributed by atoms with Crippen molar-refractivity contribution in [2.45, 2.75) is 19.8 Å². The number of hydrogen-bond acceptors (Lipinski definition) is 1. The molecule has 0 bridgehead atoms. The minimum atomic E-state index is 0.551. The van der Waals surface area contributed by atoms with Crippen LogP contribution in [0.3, 0.4) is 0 Å². The zero-order valence-electron chi connectivity index (χ0n) is 8.46. The lowest BCUT2D eigenvalue weighted by Gasteiger charge is -2.03. The molecule has 0 heterocycles. The molecule has 1 rings (SSSR count). The molecule has 0 aliphatic carbocycles. The van der Waals surface area contributed by atoms with Crippen LogP contribution in [-0.2, 0) is 6.42 Å². The van der Waals surface area contributed by atoms with Gasteiger partial charge in [0.2, 0.25) is 0 Å². The highest BCUT2D eigenvalue weighted by atomic mass is 35.5. The van der Waals surface area contributed by atoms with Crippen molar-refractivity contribution in [1.29, 1.82) is 0 Å². The van der Waals surface area contributed by atoms with Gasteiger partial charge in [0.1, 0.15) is 0 Å². The largest absolute Gasteiger partial charge is 0.327 e. The minimum Gasteiger partial charge on any atom is -0.327 e. The smallest absolute Gasteiger partial charge is 0.0148 e. The molecule has 0 aliphatic rings. The standard InChI is InChI=1S/C12H16ClN/c1-10-2-4-11(5-3-10)6-7-12(8-13)9-14/h2-5,8H,6-7,9,14H2,1H3/b12-8-. The first-order valence-electron chi connectivity index (χ1n) is 4.80. The summed E-state index contributed by atoms with van der Waals surface area (Å²) < 4.78 is 0. The van der Waals surface area contributed by atoms with E-state index in [4.69, 9.17) is 17.3 Å². The Morgan fingerprint density at radius 2 is 2.00 bits per heavy atom. The molecule has 1 nitrogen and oxygen atoms in total. The molecule has 1 aromatic rings. The Morgan fingerprint density at radius 3 is 2.50 bits per heavy atom. The number of aryl methyl sites for hydroxylation is 2. The molecule has 2 N–H and O–H groups in total. The summed E-state index contributed by atoms with van der Waals surface area (Å²) in [7, 11) is 0. The number of nitrogens with two attached hydrogens (primary N) is 1. The van der Waals surface area contributed by atoms with Crippen LogP contribution in [0.5, 0.6) is 0 Å². The van der Waals surface area contributed by atoms with Crippen LogP contribution in [0.4, 0.5) is 0 Å². The molecule has 2 heteroatoms. The van der Waals surface area contributed by atoms with E-state index >= 15 is 0 Å². The summed E-state index contributed by atoms with van der Waals surface area (Å²) in [5.74, 6) is 0. The Labute approximate surface area is 90.6 Å². The molecule has 0 amide bonds. The van der Waals surface area contributed by atoms with E-state index in [1.165, 1.54) is 11.1 Å². The fourth-order valence-electron chi connectivity index (χ4n) is 1.26. The summed E-state index contributed by atoms with van der Waals surface area (Å²) in [6, 6.07) is 8.55. The Hall–Kier alpha value is -0.790. The predicted octanol–water partition coefficient (Wildman–Crippen LogP) is 3.01. The molecule has 14 heavy (non-hydrogen) atoms. The number of halogens is 1. The van der Waals surface area contributed by atoms with Crippen LogP contribution in [0.25, 0.3) is 0 Å². The van der Waals surface area contributed by atoms with Gasteiger partial charge in [-0.3, -0.25) is 0 Å². The topological polar surface area (TPSA) is 26.0 Å². The van der Waals surface area contributed by atoms with Gasteiger partial charge >= 0.3 is 0 Å². The summed E-state index contributed by atoms with van der Waals surface area (Å²) in [4.78, 5) is 0. The van der Waals surface area contributed by atoms with Gasteiger partial charge in [-0.15, -0.1) is 0 Å². The van der Waals surface area contributed by atoms with Crippen LogP contribution in [0.2, 0.25) is 0 Å². The average Bonchev–Trinajstić information content (AvgIpc) is 2.22. The highest BCUT2D eigenvalue weighted by Gasteiger charge is 1.96. The Bertz CT molecular complexity index is 301. The lowest BCUT2D eigenvalue weighted by molar-refractivity contribution is 0.906. The van der Waals surface area contributed by atoms with E-state index in [-0.39, 0.29) is 0 Å². The summed E-state index contributed by atoms with van der Waals surface area (Å²) in [5, 5.41) is 0. The maximum atomic E-state index is 5.62. The molecule has 0 saturated carbocycles. The Kier molecular flexibility index (Phi) is 4.71. The van der Waals surface area contributed by atoms with Crippen molar-refractivity contribution in [3.05, 3.63) is 46.5 Å². The molecular weight excluding hydrogens is 194 g/mol. The molecule has 0 spiro atoms. The molecule has 0 saturated heterocycles. The van der Waals surface area contributed by atoms with Gasteiger partial charge in [-0.05, 0) is 30.9 Å². The zero-order chi connectivity index (χ0) is 10.4. The van der Waals surface area contributed by atoms with Crippen molar-refractivity contribution in [3.63, 3.8) is 0 Å². The van der Waals surface area contributed by atoms with E-state index in [1.807, 2.05) is 0 Å².